The molecule has 0 aliphatic heterocycles. The van der Waals surface area contributed by atoms with Crippen LogP contribution in [0.2, 0.25) is 0 Å². The highest BCUT2D eigenvalue weighted by Gasteiger charge is 2.10. The van der Waals surface area contributed by atoms with Gasteiger partial charge in [0, 0.05) is 18.5 Å². The zero-order valence-corrected chi connectivity index (χ0v) is 13.8. The van der Waals surface area contributed by atoms with E-state index in [1.165, 1.54) is 12.4 Å². The smallest absolute Gasteiger partial charge is 0.230 e. The number of benzene rings is 2. The molecule has 0 amide bonds. The molecular weight excluding hydrogens is 375 g/mol. The van der Waals surface area contributed by atoms with Gasteiger partial charge in [0.15, 0.2) is 0 Å². The molecular formula is C17H10BrFN4O. The highest BCUT2D eigenvalue weighted by molar-refractivity contribution is 9.10. The summed E-state index contributed by atoms with van der Waals surface area (Å²) in [6.45, 7) is 0. The Morgan fingerprint density at radius 2 is 1.92 bits per heavy atom. The third-order valence-corrected chi connectivity index (χ3v) is 4.07. The molecule has 24 heavy (non-hydrogen) atoms. The molecule has 0 radical (unpaired) electrons. The van der Waals surface area contributed by atoms with Gasteiger partial charge in [-0.2, -0.15) is 5.10 Å². The first-order valence-electron chi connectivity index (χ1n) is 7.08. The van der Waals surface area contributed by atoms with Crippen LogP contribution in [0.15, 0.2) is 65.7 Å². The number of fused-ring (bicyclic) bond motifs is 1. The summed E-state index contributed by atoms with van der Waals surface area (Å²) in [5.74, 6) is 0.606. The second-order valence-electron chi connectivity index (χ2n) is 5.01. The van der Waals surface area contributed by atoms with E-state index in [1.807, 2.05) is 36.5 Å². The monoisotopic (exact) mass is 384 g/mol. The van der Waals surface area contributed by atoms with Crippen molar-refractivity contribution in [1.82, 2.24) is 19.7 Å². The summed E-state index contributed by atoms with van der Waals surface area (Å²) in [4.78, 5) is 8.22. The molecule has 2 aromatic heterocycles. The van der Waals surface area contributed by atoms with Crippen molar-refractivity contribution in [3.05, 3.63) is 71.5 Å². The van der Waals surface area contributed by atoms with Gasteiger partial charge in [0.05, 0.1) is 21.1 Å². The molecule has 4 rings (SSSR count). The maximum absolute atomic E-state index is 13.6. The number of nitrogens with zero attached hydrogens (tertiary/aromatic N) is 4. The largest absolute Gasteiger partial charge is 0.438 e. The first-order chi connectivity index (χ1) is 11.7. The van der Waals surface area contributed by atoms with E-state index in [4.69, 9.17) is 4.74 Å². The minimum atomic E-state index is -0.379. The number of halogens is 2. The van der Waals surface area contributed by atoms with Gasteiger partial charge in [-0.25, -0.2) is 19.0 Å². The van der Waals surface area contributed by atoms with Gasteiger partial charge >= 0.3 is 0 Å². The van der Waals surface area contributed by atoms with E-state index in [2.05, 4.69) is 31.0 Å². The first kappa shape index (κ1) is 14.8. The second kappa shape index (κ2) is 6.01. The van der Waals surface area contributed by atoms with Gasteiger partial charge in [-0.05, 0) is 52.3 Å². The zero-order valence-electron chi connectivity index (χ0n) is 12.2. The average molecular weight is 385 g/mol. The van der Waals surface area contributed by atoms with Crippen LogP contribution in [0.4, 0.5) is 4.39 Å². The number of aromatic nitrogens is 4. The fourth-order valence-electron chi connectivity index (χ4n) is 2.31. The summed E-state index contributed by atoms with van der Waals surface area (Å²) in [7, 11) is 0. The van der Waals surface area contributed by atoms with Gasteiger partial charge in [-0.3, -0.25) is 0 Å². The molecule has 0 spiro atoms. The van der Waals surface area contributed by atoms with Gasteiger partial charge in [0.2, 0.25) is 5.88 Å². The minimum absolute atomic E-state index is 0.337. The Kier molecular flexibility index (Phi) is 3.70. The molecule has 0 bridgehead atoms. The lowest BCUT2D eigenvalue weighted by Crippen LogP contribution is -1.95. The van der Waals surface area contributed by atoms with Crippen molar-refractivity contribution in [3.8, 4) is 17.3 Å². The number of ether oxygens (including phenoxy) is 1. The van der Waals surface area contributed by atoms with E-state index >= 15 is 0 Å². The van der Waals surface area contributed by atoms with Crippen molar-refractivity contribution in [1.29, 1.82) is 0 Å². The van der Waals surface area contributed by atoms with Crippen LogP contribution >= 0.6 is 15.9 Å². The molecule has 118 valence electrons. The van der Waals surface area contributed by atoms with Crippen LogP contribution in [-0.2, 0) is 0 Å². The molecule has 4 aromatic rings. The fraction of sp³-hybridized carbons (Fsp3) is 0. The van der Waals surface area contributed by atoms with Crippen LogP contribution < -0.4 is 4.74 Å². The van der Waals surface area contributed by atoms with Crippen molar-refractivity contribution in [2.24, 2.45) is 0 Å². The number of hydrogen-bond donors (Lipinski definition) is 0. The van der Waals surface area contributed by atoms with Gasteiger partial charge in [0.25, 0.3) is 0 Å². The van der Waals surface area contributed by atoms with E-state index in [9.17, 15) is 4.39 Å². The van der Waals surface area contributed by atoms with Crippen molar-refractivity contribution in [3.63, 3.8) is 0 Å². The quantitative estimate of drug-likeness (QED) is 0.521. The normalized spacial score (nSPS) is 10.9. The zero-order chi connectivity index (χ0) is 16.5. The predicted molar refractivity (Wildman–Crippen MR) is 90.8 cm³/mol. The van der Waals surface area contributed by atoms with E-state index in [0.717, 1.165) is 5.69 Å². The van der Waals surface area contributed by atoms with E-state index in [-0.39, 0.29) is 5.82 Å². The van der Waals surface area contributed by atoms with Crippen LogP contribution in [0.3, 0.4) is 0 Å². The molecule has 2 heterocycles. The van der Waals surface area contributed by atoms with Crippen LogP contribution in [0.5, 0.6) is 11.6 Å². The molecule has 0 aliphatic rings. The van der Waals surface area contributed by atoms with E-state index < -0.39 is 0 Å². The highest BCUT2D eigenvalue weighted by Crippen LogP contribution is 2.30. The number of hydrogen-bond acceptors (Lipinski definition) is 4. The molecule has 0 saturated heterocycles. The van der Waals surface area contributed by atoms with Gasteiger partial charge in [0.1, 0.15) is 17.9 Å². The van der Waals surface area contributed by atoms with Crippen molar-refractivity contribution >= 4 is 26.8 Å². The first-order valence-corrected chi connectivity index (χ1v) is 7.88. The summed E-state index contributed by atoms with van der Waals surface area (Å²) in [6, 6.07) is 12.2. The van der Waals surface area contributed by atoms with Crippen LogP contribution in [-0.4, -0.2) is 19.7 Å². The Morgan fingerprint density at radius 3 is 2.67 bits per heavy atom. The summed E-state index contributed by atoms with van der Waals surface area (Å²) >= 11 is 3.17. The lowest BCUT2D eigenvalue weighted by atomic mass is 10.2. The molecule has 5 nitrogen and oxygen atoms in total. The summed E-state index contributed by atoms with van der Waals surface area (Å²) in [6.07, 6.45) is 4.93. The summed E-state index contributed by atoms with van der Waals surface area (Å²) in [5.41, 5.74) is 1.40. The van der Waals surface area contributed by atoms with Crippen molar-refractivity contribution in [2.45, 2.75) is 0 Å². The maximum atomic E-state index is 13.6. The van der Waals surface area contributed by atoms with Gasteiger partial charge in [-0.15, -0.1) is 0 Å². The average Bonchev–Trinajstić information content (AvgIpc) is 3.12. The Bertz CT molecular complexity index is 1000. The van der Waals surface area contributed by atoms with E-state index in [1.54, 1.807) is 16.9 Å². The third-order valence-electron chi connectivity index (χ3n) is 3.46. The van der Waals surface area contributed by atoms with Gasteiger partial charge in [-0.1, -0.05) is 0 Å². The fourth-order valence-corrected chi connectivity index (χ4v) is 2.65. The molecule has 0 aliphatic carbocycles. The Labute approximate surface area is 144 Å². The minimum Gasteiger partial charge on any atom is -0.438 e. The predicted octanol–water partition coefficient (Wildman–Crippen LogP) is 4.51. The lowest BCUT2D eigenvalue weighted by molar-refractivity contribution is 0.468. The Morgan fingerprint density at radius 1 is 1.08 bits per heavy atom. The van der Waals surface area contributed by atoms with Gasteiger partial charge < -0.3 is 4.74 Å². The van der Waals surface area contributed by atoms with Crippen LogP contribution in [0.1, 0.15) is 0 Å². The van der Waals surface area contributed by atoms with Crippen LogP contribution in [0, 0.1) is 5.82 Å². The molecule has 0 atom stereocenters. The third kappa shape index (κ3) is 2.74. The van der Waals surface area contributed by atoms with Crippen molar-refractivity contribution in [2.75, 3.05) is 0 Å². The maximum Gasteiger partial charge on any atom is 0.230 e. The second-order valence-corrected chi connectivity index (χ2v) is 5.86. The highest BCUT2D eigenvalue weighted by atomic mass is 79.9. The molecule has 0 N–H and O–H groups in total. The topological polar surface area (TPSA) is 52.8 Å². The van der Waals surface area contributed by atoms with Crippen LogP contribution in [0.25, 0.3) is 16.6 Å². The molecule has 0 saturated carbocycles. The standard InChI is InChI=1S/C17H10BrFN4O/c18-14-8-13-16(9-15(14)19)20-10-21-17(13)24-12-4-2-11(3-5-12)23-7-1-6-22-23/h1-10H. The molecule has 0 unspecified atom stereocenters. The molecule has 7 heteroatoms. The van der Waals surface area contributed by atoms with E-state index in [0.29, 0.717) is 27.0 Å². The molecule has 2 aromatic carbocycles. The lowest BCUT2D eigenvalue weighted by Gasteiger charge is -2.09. The summed E-state index contributed by atoms with van der Waals surface area (Å²) < 4.78 is 21.6. The Hall–Kier alpha value is -2.80. The SMILES string of the molecule is Fc1cc2ncnc(Oc3ccc(-n4cccn4)cc3)c2cc1Br. The molecule has 0 fully saturated rings. The Balaban J connectivity index is 1.68. The number of rotatable bonds is 3. The van der Waals surface area contributed by atoms with Crippen molar-refractivity contribution < 1.29 is 9.13 Å². The summed E-state index contributed by atoms with van der Waals surface area (Å²) in [5, 5.41) is 4.80.